The van der Waals surface area contributed by atoms with Crippen molar-refractivity contribution in [2.75, 3.05) is 54.2 Å². The average Bonchev–Trinajstić information content (AvgIpc) is 3.22. The Morgan fingerprint density at radius 1 is 0.921 bits per heavy atom. The topological polar surface area (TPSA) is 160 Å². The smallest absolute Gasteiger partial charge is 0.279 e. The third-order valence-electron chi connectivity index (χ3n) is 5.53. The van der Waals surface area contributed by atoms with Gasteiger partial charge in [0.15, 0.2) is 4.80 Å². The average molecular weight is 587 g/mol. The molecule has 0 bridgehead atoms. The SMILES string of the molecule is COCCN(CCOC)S(=O)(=O)c1ccc(C(=O)N=c2sc3cc(S(N)(=O)=O)ccc3n2CCOC)cc1. The summed E-state index contributed by atoms with van der Waals surface area (Å²) in [5.41, 5.74) is 0.852. The number of nitrogens with two attached hydrogens (primary N) is 1. The van der Waals surface area contributed by atoms with E-state index in [9.17, 15) is 21.6 Å². The molecule has 0 spiro atoms. The summed E-state index contributed by atoms with van der Waals surface area (Å²) in [6.07, 6.45) is 0. The summed E-state index contributed by atoms with van der Waals surface area (Å²) >= 11 is 1.13. The van der Waals surface area contributed by atoms with Gasteiger partial charge in [0.25, 0.3) is 5.91 Å². The summed E-state index contributed by atoms with van der Waals surface area (Å²) in [6.45, 7) is 1.44. The van der Waals surface area contributed by atoms with E-state index in [1.807, 2.05) is 0 Å². The first kappa shape index (κ1) is 30.0. The molecule has 3 aromatic rings. The molecule has 0 unspecified atom stereocenters. The standard InChI is InChI=1S/C23H30N4O8S3/c1-33-13-10-26(11-14-34-2)38(31,32)18-6-4-17(5-7-18)22(28)25-23-27(12-15-35-3)20-9-8-19(37(24,29)30)16-21(20)36-23/h4-9,16H,10-15H2,1-3H3,(H2,24,29,30). The maximum absolute atomic E-state index is 13.1. The van der Waals surface area contributed by atoms with E-state index in [2.05, 4.69) is 4.99 Å². The highest BCUT2D eigenvalue weighted by Gasteiger charge is 2.24. The summed E-state index contributed by atoms with van der Waals surface area (Å²) in [5, 5.41) is 5.25. The predicted molar refractivity (Wildman–Crippen MR) is 142 cm³/mol. The molecule has 0 aliphatic rings. The molecule has 2 N–H and O–H groups in total. The van der Waals surface area contributed by atoms with E-state index in [1.165, 1.54) is 62.0 Å². The highest BCUT2D eigenvalue weighted by atomic mass is 32.2. The first-order valence-corrected chi connectivity index (χ1v) is 15.2. The monoisotopic (exact) mass is 586 g/mol. The van der Waals surface area contributed by atoms with Gasteiger partial charge in [-0.05, 0) is 42.5 Å². The van der Waals surface area contributed by atoms with Crippen molar-refractivity contribution in [3.63, 3.8) is 0 Å². The normalized spacial score (nSPS) is 13.0. The fraction of sp³-hybridized carbons (Fsp3) is 0.391. The number of sulfonamides is 2. The Hall–Kier alpha value is -2.50. The number of rotatable bonds is 13. The van der Waals surface area contributed by atoms with Crippen molar-refractivity contribution in [1.29, 1.82) is 0 Å². The number of nitrogens with zero attached hydrogens (tertiary/aromatic N) is 3. The largest absolute Gasteiger partial charge is 0.383 e. The van der Waals surface area contributed by atoms with Crippen LogP contribution in [-0.4, -0.2) is 85.9 Å². The number of thiazole rings is 1. The number of hydrogen-bond donors (Lipinski definition) is 1. The number of ether oxygens (including phenoxy) is 3. The van der Waals surface area contributed by atoms with Crippen LogP contribution in [0.3, 0.4) is 0 Å². The molecule has 0 saturated carbocycles. The van der Waals surface area contributed by atoms with Gasteiger partial charge in [0.1, 0.15) is 0 Å². The second kappa shape index (κ2) is 13.0. The molecule has 38 heavy (non-hydrogen) atoms. The van der Waals surface area contributed by atoms with Gasteiger partial charge in [-0.2, -0.15) is 9.30 Å². The quantitative estimate of drug-likeness (QED) is 0.311. The minimum atomic E-state index is -3.91. The van der Waals surface area contributed by atoms with E-state index in [0.717, 1.165) is 11.3 Å². The lowest BCUT2D eigenvalue weighted by Gasteiger charge is -2.21. The van der Waals surface area contributed by atoms with E-state index < -0.39 is 26.0 Å². The van der Waals surface area contributed by atoms with Crippen molar-refractivity contribution in [3.05, 3.63) is 52.8 Å². The van der Waals surface area contributed by atoms with Crippen molar-refractivity contribution in [1.82, 2.24) is 8.87 Å². The molecule has 0 aliphatic heterocycles. The molecular weight excluding hydrogens is 556 g/mol. The van der Waals surface area contributed by atoms with Crippen molar-refractivity contribution < 1.29 is 35.8 Å². The number of methoxy groups -OCH3 is 3. The Kier molecular flexibility index (Phi) is 10.3. The third-order valence-corrected chi connectivity index (χ3v) is 9.39. The van der Waals surface area contributed by atoms with Crippen LogP contribution in [0.4, 0.5) is 0 Å². The van der Waals surface area contributed by atoms with Gasteiger partial charge in [0.05, 0.1) is 39.8 Å². The lowest BCUT2D eigenvalue weighted by atomic mass is 10.2. The summed E-state index contributed by atoms with van der Waals surface area (Å²) in [7, 11) is -3.24. The molecule has 0 fully saturated rings. The number of carbonyl (C=O) groups is 1. The van der Waals surface area contributed by atoms with Crippen LogP contribution in [0.1, 0.15) is 10.4 Å². The van der Waals surface area contributed by atoms with Gasteiger partial charge in [0, 0.05) is 46.5 Å². The highest BCUT2D eigenvalue weighted by molar-refractivity contribution is 7.89. The van der Waals surface area contributed by atoms with Crippen LogP contribution in [0.25, 0.3) is 10.2 Å². The number of hydrogen-bond acceptors (Lipinski definition) is 9. The van der Waals surface area contributed by atoms with E-state index in [1.54, 1.807) is 10.6 Å². The van der Waals surface area contributed by atoms with Crippen LogP contribution in [0, 0.1) is 0 Å². The Labute approximate surface area is 225 Å². The summed E-state index contributed by atoms with van der Waals surface area (Å²) in [4.78, 5) is 17.5. The van der Waals surface area contributed by atoms with Crippen LogP contribution in [-0.2, 0) is 40.8 Å². The fourth-order valence-electron chi connectivity index (χ4n) is 3.52. The van der Waals surface area contributed by atoms with Gasteiger partial charge in [-0.1, -0.05) is 11.3 Å². The maximum Gasteiger partial charge on any atom is 0.279 e. The molecule has 15 heteroatoms. The molecule has 0 aliphatic carbocycles. The van der Waals surface area contributed by atoms with Crippen LogP contribution >= 0.6 is 11.3 Å². The van der Waals surface area contributed by atoms with Crippen LogP contribution in [0.5, 0.6) is 0 Å². The predicted octanol–water partition coefficient (Wildman–Crippen LogP) is 1.02. The Balaban J connectivity index is 1.96. The molecule has 1 aromatic heterocycles. The molecule has 0 radical (unpaired) electrons. The Morgan fingerprint density at radius 3 is 2.05 bits per heavy atom. The molecule has 3 rings (SSSR count). The van der Waals surface area contributed by atoms with Crippen molar-refractivity contribution in [3.8, 4) is 0 Å². The summed E-state index contributed by atoms with van der Waals surface area (Å²) < 4.78 is 68.5. The second-order valence-corrected chi connectivity index (χ2v) is 12.5. The molecule has 0 saturated heterocycles. The van der Waals surface area contributed by atoms with Crippen molar-refractivity contribution in [2.45, 2.75) is 16.3 Å². The highest BCUT2D eigenvalue weighted by Crippen LogP contribution is 2.22. The molecule has 208 valence electrons. The Morgan fingerprint density at radius 2 is 1.50 bits per heavy atom. The minimum Gasteiger partial charge on any atom is -0.383 e. The van der Waals surface area contributed by atoms with E-state index in [4.69, 9.17) is 19.3 Å². The van der Waals surface area contributed by atoms with Gasteiger partial charge in [0.2, 0.25) is 20.0 Å². The second-order valence-electron chi connectivity index (χ2n) is 8.03. The van der Waals surface area contributed by atoms with Gasteiger partial charge in [-0.3, -0.25) is 4.79 Å². The minimum absolute atomic E-state index is 0.0220. The fourth-order valence-corrected chi connectivity index (χ4v) is 6.64. The molecule has 0 atom stereocenters. The molecular formula is C23H30N4O8S3. The van der Waals surface area contributed by atoms with Crippen LogP contribution < -0.4 is 9.94 Å². The molecule has 1 amide bonds. The van der Waals surface area contributed by atoms with Gasteiger partial charge in [-0.15, -0.1) is 0 Å². The lowest BCUT2D eigenvalue weighted by molar-refractivity contribution is 0.0997. The molecule has 2 aromatic carbocycles. The lowest BCUT2D eigenvalue weighted by Crippen LogP contribution is -2.36. The number of fused-ring (bicyclic) bond motifs is 1. The zero-order valence-electron chi connectivity index (χ0n) is 21.2. The van der Waals surface area contributed by atoms with Gasteiger partial charge >= 0.3 is 0 Å². The zero-order valence-corrected chi connectivity index (χ0v) is 23.6. The first-order chi connectivity index (χ1) is 18.0. The van der Waals surface area contributed by atoms with Crippen molar-refractivity contribution in [2.24, 2.45) is 10.1 Å². The van der Waals surface area contributed by atoms with Crippen LogP contribution in [0.15, 0.2) is 57.2 Å². The maximum atomic E-state index is 13.1. The summed E-state index contributed by atoms with van der Waals surface area (Å²) in [5.74, 6) is -0.589. The van der Waals surface area contributed by atoms with Crippen LogP contribution in [0.2, 0.25) is 0 Å². The summed E-state index contributed by atoms with van der Waals surface area (Å²) in [6, 6.07) is 9.93. The first-order valence-electron chi connectivity index (χ1n) is 11.3. The number of carbonyl (C=O) groups excluding carboxylic acids is 1. The van der Waals surface area contributed by atoms with E-state index in [0.29, 0.717) is 28.2 Å². The number of aromatic nitrogens is 1. The molecule has 12 nitrogen and oxygen atoms in total. The Bertz CT molecular complexity index is 1540. The number of primary sulfonamides is 1. The third kappa shape index (κ3) is 7.12. The van der Waals surface area contributed by atoms with Gasteiger partial charge in [-0.25, -0.2) is 22.0 Å². The van der Waals surface area contributed by atoms with E-state index >= 15 is 0 Å². The van der Waals surface area contributed by atoms with Gasteiger partial charge < -0.3 is 18.8 Å². The zero-order chi connectivity index (χ0) is 27.9. The van der Waals surface area contributed by atoms with E-state index in [-0.39, 0.29) is 41.7 Å². The number of benzene rings is 2. The van der Waals surface area contributed by atoms with Crippen molar-refractivity contribution >= 4 is 47.5 Å². The molecule has 1 heterocycles. The number of amides is 1.